The van der Waals surface area contributed by atoms with Crippen molar-refractivity contribution in [2.24, 2.45) is 0 Å². The lowest BCUT2D eigenvalue weighted by Gasteiger charge is -2.32. The van der Waals surface area contributed by atoms with E-state index >= 15 is 0 Å². The lowest BCUT2D eigenvalue weighted by Crippen LogP contribution is -2.41. The minimum absolute atomic E-state index is 0.0128. The lowest BCUT2D eigenvalue weighted by molar-refractivity contribution is 0.102. The Morgan fingerprint density at radius 2 is 1.94 bits per heavy atom. The van der Waals surface area contributed by atoms with Crippen molar-refractivity contribution < 1.29 is 17.9 Å². The zero-order chi connectivity index (χ0) is 22.2. The Hall–Kier alpha value is -2.49. The highest BCUT2D eigenvalue weighted by molar-refractivity contribution is 7.89. The number of benzene rings is 2. The van der Waals surface area contributed by atoms with E-state index in [2.05, 4.69) is 10.3 Å². The van der Waals surface area contributed by atoms with Crippen LogP contribution < -0.4 is 10.1 Å². The van der Waals surface area contributed by atoms with Crippen LogP contribution in [-0.4, -0.2) is 43.3 Å². The van der Waals surface area contributed by atoms with Crippen molar-refractivity contribution in [2.75, 3.05) is 19.0 Å². The molecule has 2 heterocycles. The summed E-state index contributed by atoms with van der Waals surface area (Å²) in [4.78, 5) is 17.4. The number of methoxy groups -OCH3 is 1. The molecule has 1 fully saturated rings. The molecule has 4 rings (SSSR count). The normalized spacial score (nSPS) is 17.6. The maximum atomic E-state index is 13.0. The SMILES string of the molecule is COc1ccc(C)c2sc(NC(=O)c3ccc(S(=O)(=O)N4CCCC[C@@H]4C)cc3)nc12. The molecule has 1 atom stereocenters. The molecule has 1 aromatic heterocycles. The number of nitrogens with zero attached hydrogens (tertiary/aromatic N) is 2. The second-order valence-corrected chi connectivity index (χ2v) is 10.6. The quantitative estimate of drug-likeness (QED) is 0.610. The molecule has 1 aliphatic heterocycles. The van der Waals surface area contributed by atoms with Crippen molar-refractivity contribution >= 4 is 42.6 Å². The molecular formula is C22H25N3O4S2. The summed E-state index contributed by atoms with van der Waals surface area (Å²) in [6.45, 7) is 4.45. The maximum absolute atomic E-state index is 13.0. The Labute approximate surface area is 186 Å². The number of rotatable bonds is 5. The summed E-state index contributed by atoms with van der Waals surface area (Å²) in [6, 6.07) is 9.86. The van der Waals surface area contributed by atoms with E-state index in [-0.39, 0.29) is 16.8 Å². The van der Waals surface area contributed by atoms with Gasteiger partial charge in [0.2, 0.25) is 10.0 Å². The molecule has 3 aromatic rings. The third-order valence-corrected chi connectivity index (χ3v) is 8.74. The van der Waals surface area contributed by atoms with Gasteiger partial charge in [-0.25, -0.2) is 13.4 Å². The number of nitrogens with one attached hydrogen (secondary N) is 1. The molecule has 31 heavy (non-hydrogen) atoms. The Balaban J connectivity index is 1.54. The van der Waals surface area contributed by atoms with Crippen molar-refractivity contribution in [2.45, 2.75) is 44.0 Å². The molecule has 0 bridgehead atoms. The molecule has 7 nitrogen and oxygen atoms in total. The summed E-state index contributed by atoms with van der Waals surface area (Å²) in [5, 5.41) is 3.27. The van der Waals surface area contributed by atoms with Crippen LogP contribution in [0.4, 0.5) is 5.13 Å². The van der Waals surface area contributed by atoms with Gasteiger partial charge in [0, 0.05) is 18.2 Å². The Kier molecular flexibility index (Phi) is 6.00. The van der Waals surface area contributed by atoms with E-state index in [4.69, 9.17) is 4.74 Å². The molecule has 9 heteroatoms. The van der Waals surface area contributed by atoms with Gasteiger partial charge in [0.25, 0.3) is 5.91 Å². The Bertz CT molecular complexity index is 1220. The fourth-order valence-electron chi connectivity index (χ4n) is 3.84. The number of hydrogen-bond acceptors (Lipinski definition) is 6. The van der Waals surface area contributed by atoms with Crippen molar-refractivity contribution in [1.29, 1.82) is 0 Å². The fraction of sp³-hybridized carbons (Fsp3) is 0.364. The second kappa shape index (κ2) is 8.57. The number of piperidine rings is 1. The van der Waals surface area contributed by atoms with E-state index < -0.39 is 10.0 Å². The molecule has 164 valence electrons. The number of thiazole rings is 1. The number of fused-ring (bicyclic) bond motifs is 1. The van der Waals surface area contributed by atoms with E-state index in [0.717, 1.165) is 29.5 Å². The summed E-state index contributed by atoms with van der Waals surface area (Å²) in [7, 11) is -1.98. The molecule has 1 aliphatic rings. The molecule has 0 saturated carbocycles. The molecule has 0 spiro atoms. The average Bonchev–Trinajstić information content (AvgIpc) is 3.19. The Morgan fingerprint density at radius 3 is 2.61 bits per heavy atom. The Morgan fingerprint density at radius 1 is 1.19 bits per heavy atom. The van der Waals surface area contributed by atoms with Crippen LogP contribution in [-0.2, 0) is 10.0 Å². The van der Waals surface area contributed by atoms with Crippen LogP contribution in [0.3, 0.4) is 0 Å². The molecule has 1 saturated heterocycles. The summed E-state index contributed by atoms with van der Waals surface area (Å²) in [5.74, 6) is 0.310. The number of ether oxygens (including phenoxy) is 1. The molecular weight excluding hydrogens is 434 g/mol. The smallest absolute Gasteiger partial charge is 0.257 e. The average molecular weight is 460 g/mol. The highest BCUT2D eigenvalue weighted by Gasteiger charge is 2.31. The first-order valence-electron chi connectivity index (χ1n) is 10.2. The predicted octanol–water partition coefficient (Wildman–Crippen LogP) is 4.43. The minimum atomic E-state index is -3.56. The zero-order valence-corrected chi connectivity index (χ0v) is 19.3. The minimum Gasteiger partial charge on any atom is -0.494 e. The van der Waals surface area contributed by atoms with Crippen LogP contribution in [0, 0.1) is 6.92 Å². The van der Waals surface area contributed by atoms with E-state index in [1.807, 2.05) is 26.0 Å². The van der Waals surface area contributed by atoms with Crippen LogP contribution in [0.15, 0.2) is 41.3 Å². The fourth-order valence-corrected chi connectivity index (χ4v) is 6.49. The van der Waals surface area contributed by atoms with Crippen molar-refractivity contribution in [3.8, 4) is 5.75 Å². The zero-order valence-electron chi connectivity index (χ0n) is 17.7. The van der Waals surface area contributed by atoms with Crippen LogP contribution in [0.2, 0.25) is 0 Å². The van der Waals surface area contributed by atoms with E-state index in [1.54, 1.807) is 11.4 Å². The number of carbonyl (C=O) groups excluding carboxylic acids is 1. The molecule has 0 unspecified atom stereocenters. The van der Waals surface area contributed by atoms with Crippen LogP contribution >= 0.6 is 11.3 Å². The van der Waals surface area contributed by atoms with Gasteiger partial charge in [-0.15, -0.1) is 0 Å². The van der Waals surface area contributed by atoms with Gasteiger partial charge in [-0.1, -0.05) is 23.8 Å². The topological polar surface area (TPSA) is 88.6 Å². The summed E-state index contributed by atoms with van der Waals surface area (Å²) < 4.78 is 33.8. The first-order valence-corrected chi connectivity index (χ1v) is 12.4. The van der Waals surface area contributed by atoms with Gasteiger partial charge in [-0.05, 0) is 62.6 Å². The van der Waals surface area contributed by atoms with Crippen LogP contribution in [0.25, 0.3) is 10.2 Å². The van der Waals surface area contributed by atoms with E-state index in [0.29, 0.717) is 28.5 Å². The number of carbonyl (C=O) groups is 1. The van der Waals surface area contributed by atoms with Gasteiger partial charge in [0.05, 0.1) is 16.7 Å². The molecule has 1 amide bonds. The van der Waals surface area contributed by atoms with E-state index in [9.17, 15) is 13.2 Å². The van der Waals surface area contributed by atoms with Crippen molar-refractivity contribution in [1.82, 2.24) is 9.29 Å². The van der Waals surface area contributed by atoms with Crippen molar-refractivity contribution in [3.63, 3.8) is 0 Å². The number of hydrogen-bond donors (Lipinski definition) is 1. The number of aromatic nitrogens is 1. The predicted molar refractivity (Wildman–Crippen MR) is 123 cm³/mol. The monoisotopic (exact) mass is 459 g/mol. The molecule has 1 N–H and O–H groups in total. The highest BCUT2D eigenvalue weighted by Crippen LogP contribution is 2.35. The van der Waals surface area contributed by atoms with Crippen molar-refractivity contribution in [3.05, 3.63) is 47.5 Å². The molecule has 2 aromatic carbocycles. The van der Waals surface area contributed by atoms with Crippen LogP contribution in [0.1, 0.15) is 42.1 Å². The van der Waals surface area contributed by atoms with Gasteiger partial charge in [-0.2, -0.15) is 4.31 Å². The number of anilines is 1. The lowest BCUT2D eigenvalue weighted by atomic mass is 10.1. The maximum Gasteiger partial charge on any atom is 0.257 e. The largest absolute Gasteiger partial charge is 0.494 e. The van der Waals surface area contributed by atoms with Crippen LogP contribution in [0.5, 0.6) is 5.75 Å². The third kappa shape index (κ3) is 4.17. The van der Waals surface area contributed by atoms with Gasteiger partial charge >= 0.3 is 0 Å². The third-order valence-electron chi connectivity index (χ3n) is 5.61. The van der Waals surface area contributed by atoms with Gasteiger partial charge < -0.3 is 4.74 Å². The second-order valence-electron chi connectivity index (χ2n) is 7.72. The first kappa shape index (κ1) is 21.7. The number of aryl methyl sites for hydroxylation is 1. The van der Waals surface area contributed by atoms with E-state index in [1.165, 1.54) is 35.6 Å². The number of amides is 1. The van der Waals surface area contributed by atoms with Gasteiger partial charge in [0.1, 0.15) is 11.3 Å². The first-order chi connectivity index (χ1) is 14.8. The summed E-state index contributed by atoms with van der Waals surface area (Å²) >= 11 is 1.38. The summed E-state index contributed by atoms with van der Waals surface area (Å²) in [5.41, 5.74) is 2.13. The summed E-state index contributed by atoms with van der Waals surface area (Å²) in [6.07, 6.45) is 2.78. The molecule has 0 aliphatic carbocycles. The van der Waals surface area contributed by atoms with Gasteiger partial charge in [-0.3, -0.25) is 10.1 Å². The van der Waals surface area contributed by atoms with Gasteiger partial charge in [0.15, 0.2) is 5.13 Å². The highest BCUT2D eigenvalue weighted by atomic mass is 32.2. The molecule has 0 radical (unpaired) electrons. The standard InChI is InChI=1S/C22H25N3O4S2/c1-14-7-12-18(29-3)19-20(14)30-22(23-19)24-21(26)16-8-10-17(11-9-16)31(27,28)25-13-5-4-6-15(25)2/h7-12,15H,4-6,13H2,1-3H3,(H,23,24,26)/t15-/m0/s1. The number of sulfonamides is 1.